The van der Waals surface area contributed by atoms with Crippen molar-refractivity contribution in [1.82, 2.24) is 9.97 Å². The third-order valence-electron chi connectivity index (χ3n) is 5.92. The maximum atomic E-state index is 13.7. The fourth-order valence-electron chi connectivity index (χ4n) is 4.36. The first-order chi connectivity index (χ1) is 15.0. The van der Waals surface area contributed by atoms with E-state index < -0.39 is 6.36 Å². The largest absolute Gasteiger partial charge is 0.496 e. The zero-order chi connectivity index (χ0) is 21.8. The SMILES string of the molecule is COc1cc(F)ccc1C[C@H]1CCCCCN1c1nc(N2CCO[C@H](F)C2)cc(=O)[nH]1. The molecule has 31 heavy (non-hydrogen) atoms. The predicted octanol–water partition coefficient (Wildman–Crippen LogP) is 3.04. The second kappa shape index (κ2) is 9.64. The average molecular weight is 434 g/mol. The lowest BCUT2D eigenvalue weighted by Crippen LogP contribution is -2.43. The Bertz CT molecular complexity index is 955. The number of rotatable bonds is 5. The number of benzene rings is 1. The molecule has 0 spiro atoms. The van der Waals surface area contributed by atoms with Crippen molar-refractivity contribution in [3.63, 3.8) is 0 Å². The number of alkyl halides is 1. The van der Waals surface area contributed by atoms with Crippen LogP contribution in [0.5, 0.6) is 5.75 Å². The van der Waals surface area contributed by atoms with E-state index >= 15 is 0 Å². The molecule has 4 rings (SSSR count). The Labute approximate surface area is 180 Å². The number of morpholine rings is 1. The molecule has 0 radical (unpaired) electrons. The second-order valence-corrected chi connectivity index (χ2v) is 8.01. The zero-order valence-electron chi connectivity index (χ0n) is 17.7. The van der Waals surface area contributed by atoms with Crippen LogP contribution in [-0.2, 0) is 11.2 Å². The molecule has 2 aromatic rings. The van der Waals surface area contributed by atoms with E-state index in [1.165, 1.54) is 25.3 Å². The molecule has 2 aliphatic heterocycles. The van der Waals surface area contributed by atoms with E-state index in [1.807, 2.05) is 0 Å². The van der Waals surface area contributed by atoms with Crippen molar-refractivity contribution in [3.05, 3.63) is 46.0 Å². The Hall–Kier alpha value is -2.68. The molecule has 3 heterocycles. The molecule has 2 aliphatic rings. The number of nitrogens with zero attached hydrogens (tertiary/aromatic N) is 3. The Morgan fingerprint density at radius 3 is 2.94 bits per heavy atom. The van der Waals surface area contributed by atoms with Gasteiger partial charge in [0.2, 0.25) is 12.3 Å². The van der Waals surface area contributed by atoms with Crippen LogP contribution in [0.1, 0.15) is 31.2 Å². The zero-order valence-corrected chi connectivity index (χ0v) is 17.7. The fourth-order valence-corrected chi connectivity index (χ4v) is 4.36. The summed E-state index contributed by atoms with van der Waals surface area (Å²) in [6.45, 7) is 1.52. The monoisotopic (exact) mass is 434 g/mol. The lowest BCUT2D eigenvalue weighted by atomic mass is 10.00. The topological polar surface area (TPSA) is 70.7 Å². The Balaban J connectivity index is 1.63. The summed E-state index contributed by atoms with van der Waals surface area (Å²) in [5, 5.41) is 0. The third kappa shape index (κ3) is 5.15. The van der Waals surface area contributed by atoms with Crippen molar-refractivity contribution in [2.75, 3.05) is 43.2 Å². The number of aromatic nitrogens is 2. The highest BCUT2D eigenvalue weighted by Crippen LogP contribution is 2.28. The van der Waals surface area contributed by atoms with Crippen LogP contribution in [0.4, 0.5) is 20.5 Å². The standard InChI is InChI=1S/C22H28F2N4O3/c1-30-18-12-16(23)7-6-15(18)11-17-5-3-2-4-8-28(17)22-25-20(13-21(29)26-22)27-9-10-31-19(24)14-27/h6-7,12-13,17,19H,2-5,8-11,14H2,1H3,(H,25,26,29)/t17-,19+/m1/s1. The summed E-state index contributed by atoms with van der Waals surface area (Å²) in [6.07, 6.45) is 3.29. The fraction of sp³-hybridized carbons (Fsp3) is 0.545. The quantitative estimate of drug-likeness (QED) is 0.780. The van der Waals surface area contributed by atoms with Gasteiger partial charge in [-0.2, -0.15) is 4.98 Å². The van der Waals surface area contributed by atoms with Gasteiger partial charge in [-0.25, -0.2) is 8.78 Å². The summed E-state index contributed by atoms with van der Waals surface area (Å²) in [7, 11) is 1.53. The molecule has 0 unspecified atom stereocenters. The predicted molar refractivity (Wildman–Crippen MR) is 114 cm³/mol. The third-order valence-corrected chi connectivity index (χ3v) is 5.92. The lowest BCUT2D eigenvalue weighted by Gasteiger charge is -2.33. The number of hydrogen-bond donors (Lipinski definition) is 1. The van der Waals surface area contributed by atoms with E-state index in [0.29, 0.717) is 30.5 Å². The van der Waals surface area contributed by atoms with Gasteiger partial charge < -0.3 is 19.3 Å². The maximum Gasteiger partial charge on any atom is 0.254 e. The van der Waals surface area contributed by atoms with Gasteiger partial charge in [-0.15, -0.1) is 0 Å². The minimum Gasteiger partial charge on any atom is -0.496 e. The first-order valence-corrected chi connectivity index (χ1v) is 10.7. The second-order valence-electron chi connectivity index (χ2n) is 8.01. The van der Waals surface area contributed by atoms with Crippen molar-refractivity contribution in [2.45, 2.75) is 44.5 Å². The highest BCUT2D eigenvalue weighted by Gasteiger charge is 2.27. The van der Waals surface area contributed by atoms with Gasteiger partial charge in [0.05, 0.1) is 20.3 Å². The van der Waals surface area contributed by atoms with Gasteiger partial charge in [-0.1, -0.05) is 18.9 Å². The van der Waals surface area contributed by atoms with E-state index in [-0.39, 0.29) is 30.6 Å². The van der Waals surface area contributed by atoms with Gasteiger partial charge in [-0.3, -0.25) is 9.78 Å². The summed E-state index contributed by atoms with van der Waals surface area (Å²) in [5.74, 6) is 1.11. The summed E-state index contributed by atoms with van der Waals surface area (Å²) in [6, 6.07) is 6.05. The van der Waals surface area contributed by atoms with Crippen molar-refractivity contribution >= 4 is 11.8 Å². The minimum atomic E-state index is -1.39. The van der Waals surface area contributed by atoms with Crippen molar-refractivity contribution in [2.24, 2.45) is 0 Å². The molecule has 2 saturated heterocycles. The Morgan fingerprint density at radius 2 is 2.13 bits per heavy atom. The molecule has 0 saturated carbocycles. The van der Waals surface area contributed by atoms with Gasteiger partial charge in [-0.05, 0) is 30.9 Å². The van der Waals surface area contributed by atoms with Crippen LogP contribution in [0.25, 0.3) is 0 Å². The average Bonchev–Trinajstić information content (AvgIpc) is 3.00. The number of methoxy groups -OCH3 is 1. The molecule has 9 heteroatoms. The van der Waals surface area contributed by atoms with Crippen LogP contribution >= 0.6 is 0 Å². The highest BCUT2D eigenvalue weighted by molar-refractivity contribution is 5.45. The van der Waals surface area contributed by atoms with Gasteiger partial charge in [0.15, 0.2) is 0 Å². The first kappa shape index (κ1) is 21.5. The molecular weight excluding hydrogens is 406 g/mol. The van der Waals surface area contributed by atoms with E-state index in [2.05, 4.69) is 14.9 Å². The summed E-state index contributed by atoms with van der Waals surface area (Å²) >= 11 is 0. The Morgan fingerprint density at radius 1 is 1.26 bits per heavy atom. The van der Waals surface area contributed by atoms with Crippen LogP contribution in [-0.4, -0.2) is 55.7 Å². The van der Waals surface area contributed by atoms with Crippen LogP contribution in [0.2, 0.25) is 0 Å². The van der Waals surface area contributed by atoms with Crippen molar-refractivity contribution < 1.29 is 18.3 Å². The van der Waals surface area contributed by atoms with E-state index in [9.17, 15) is 13.6 Å². The van der Waals surface area contributed by atoms with E-state index in [4.69, 9.17) is 9.47 Å². The number of hydrogen-bond acceptors (Lipinski definition) is 6. The molecule has 2 atom stereocenters. The number of nitrogens with one attached hydrogen (secondary N) is 1. The van der Waals surface area contributed by atoms with Crippen molar-refractivity contribution in [1.29, 1.82) is 0 Å². The lowest BCUT2D eigenvalue weighted by molar-refractivity contribution is -0.0467. The molecule has 0 aliphatic carbocycles. The molecule has 0 amide bonds. The number of H-pyrrole nitrogens is 1. The van der Waals surface area contributed by atoms with Crippen LogP contribution in [0.3, 0.4) is 0 Å². The van der Waals surface area contributed by atoms with Crippen LogP contribution in [0, 0.1) is 5.82 Å². The van der Waals surface area contributed by atoms with Gasteiger partial charge in [0, 0.05) is 31.3 Å². The number of anilines is 2. The summed E-state index contributed by atoms with van der Waals surface area (Å²) in [5.41, 5.74) is 0.636. The normalized spacial score (nSPS) is 22.3. The van der Waals surface area contributed by atoms with Gasteiger partial charge >= 0.3 is 0 Å². The molecule has 1 aromatic heterocycles. The van der Waals surface area contributed by atoms with E-state index in [1.54, 1.807) is 11.0 Å². The number of halogens is 2. The number of ether oxygens (including phenoxy) is 2. The molecule has 1 aromatic carbocycles. The highest BCUT2D eigenvalue weighted by atomic mass is 19.1. The molecule has 0 bridgehead atoms. The van der Waals surface area contributed by atoms with Crippen LogP contribution < -0.4 is 20.1 Å². The van der Waals surface area contributed by atoms with E-state index in [0.717, 1.165) is 37.8 Å². The van der Waals surface area contributed by atoms with Crippen molar-refractivity contribution in [3.8, 4) is 5.75 Å². The number of aromatic amines is 1. The Kier molecular flexibility index (Phi) is 6.70. The van der Waals surface area contributed by atoms with Gasteiger partial charge in [0.25, 0.3) is 5.56 Å². The maximum absolute atomic E-state index is 13.7. The molecular formula is C22H28F2N4O3. The summed E-state index contributed by atoms with van der Waals surface area (Å²) < 4.78 is 37.7. The van der Waals surface area contributed by atoms with Gasteiger partial charge in [0.1, 0.15) is 17.4 Å². The molecule has 7 nitrogen and oxygen atoms in total. The summed E-state index contributed by atoms with van der Waals surface area (Å²) in [4.78, 5) is 23.8. The molecule has 168 valence electrons. The molecule has 2 fully saturated rings. The molecule has 1 N–H and O–H groups in total. The minimum absolute atomic E-state index is 0.0477. The first-order valence-electron chi connectivity index (χ1n) is 10.7. The van der Waals surface area contributed by atoms with Crippen LogP contribution in [0.15, 0.2) is 29.1 Å². The smallest absolute Gasteiger partial charge is 0.254 e.